The summed E-state index contributed by atoms with van der Waals surface area (Å²) in [5.41, 5.74) is 4.01. The number of nitrogens with one attached hydrogen (secondary N) is 1. The second kappa shape index (κ2) is 5.64. The normalized spacial score (nSPS) is 23.5. The van der Waals surface area contributed by atoms with Crippen molar-refractivity contribution in [2.75, 3.05) is 6.54 Å². The highest BCUT2D eigenvalue weighted by Crippen LogP contribution is 2.42. The van der Waals surface area contributed by atoms with Gasteiger partial charge in [-0.25, -0.2) is 0 Å². The zero-order valence-electron chi connectivity index (χ0n) is 10.7. The van der Waals surface area contributed by atoms with Crippen molar-refractivity contribution >= 4 is 23.4 Å². The summed E-state index contributed by atoms with van der Waals surface area (Å²) in [6, 6.07) is 4.84. The smallest absolute Gasteiger partial charge is 0.0452 e. The van der Waals surface area contributed by atoms with Crippen LogP contribution in [0.15, 0.2) is 12.1 Å². The first-order valence-corrected chi connectivity index (χ1v) is 7.74. The molecule has 0 fully saturated rings. The van der Waals surface area contributed by atoms with Crippen LogP contribution in [0.4, 0.5) is 0 Å². The van der Waals surface area contributed by atoms with Gasteiger partial charge in [0.15, 0.2) is 0 Å². The fraction of sp³-hybridized carbons (Fsp3) is 0.571. The summed E-state index contributed by atoms with van der Waals surface area (Å²) in [6.07, 6.45) is 1.20. The van der Waals surface area contributed by atoms with Crippen LogP contribution in [0.5, 0.6) is 0 Å². The van der Waals surface area contributed by atoms with Crippen LogP contribution in [0, 0.1) is 6.92 Å². The molecule has 0 saturated carbocycles. The van der Waals surface area contributed by atoms with E-state index in [4.69, 9.17) is 11.6 Å². The summed E-state index contributed by atoms with van der Waals surface area (Å²) < 4.78 is 0. The van der Waals surface area contributed by atoms with E-state index < -0.39 is 0 Å². The molecule has 2 rings (SSSR count). The van der Waals surface area contributed by atoms with Crippen molar-refractivity contribution in [3.63, 3.8) is 0 Å². The molecule has 1 aromatic carbocycles. The van der Waals surface area contributed by atoms with E-state index in [1.165, 1.54) is 23.1 Å². The van der Waals surface area contributed by atoms with Crippen LogP contribution in [0.1, 0.15) is 43.0 Å². The summed E-state index contributed by atoms with van der Waals surface area (Å²) >= 11 is 8.39. The van der Waals surface area contributed by atoms with Gasteiger partial charge in [-0.05, 0) is 42.6 Å². The minimum atomic E-state index is 0.455. The van der Waals surface area contributed by atoms with Crippen LogP contribution < -0.4 is 5.32 Å². The number of aryl methyl sites for hydroxylation is 1. The fourth-order valence-corrected chi connectivity index (χ4v) is 4.33. The highest BCUT2D eigenvalue weighted by atomic mass is 35.5. The standard InChI is InChI=1S/C14H20ClNS/c1-4-13-14(16-5-2)10-6-9(3)7-12(15)11(10)8-17-13/h6-7,13-14,16H,4-5,8H2,1-3H3. The molecule has 94 valence electrons. The highest BCUT2D eigenvalue weighted by Gasteiger charge is 2.29. The highest BCUT2D eigenvalue weighted by molar-refractivity contribution is 7.99. The predicted molar refractivity (Wildman–Crippen MR) is 78.0 cm³/mol. The minimum Gasteiger partial charge on any atom is -0.309 e. The van der Waals surface area contributed by atoms with Crippen LogP contribution in [0.2, 0.25) is 5.02 Å². The van der Waals surface area contributed by atoms with Gasteiger partial charge in [-0.2, -0.15) is 11.8 Å². The lowest BCUT2D eigenvalue weighted by Crippen LogP contribution is -2.33. The van der Waals surface area contributed by atoms with Crippen LogP contribution in [0.25, 0.3) is 0 Å². The summed E-state index contributed by atoms with van der Waals surface area (Å²) in [4.78, 5) is 0. The lowest BCUT2D eigenvalue weighted by atomic mass is 9.94. The molecule has 0 aliphatic carbocycles. The molecular weight excluding hydrogens is 250 g/mol. The minimum absolute atomic E-state index is 0.455. The molecule has 0 bridgehead atoms. The first-order chi connectivity index (χ1) is 8.17. The molecule has 2 unspecified atom stereocenters. The molecule has 2 atom stereocenters. The van der Waals surface area contributed by atoms with Gasteiger partial charge < -0.3 is 5.32 Å². The van der Waals surface area contributed by atoms with E-state index in [0.29, 0.717) is 11.3 Å². The van der Waals surface area contributed by atoms with E-state index >= 15 is 0 Å². The number of hydrogen-bond acceptors (Lipinski definition) is 2. The number of halogens is 1. The second-order valence-corrected chi connectivity index (χ2v) is 6.24. The Labute approximate surface area is 113 Å². The molecular formula is C14H20ClNS. The summed E-state index contributed by atoms with van der Waals surface area (Å²) in [5.74, 6) is 1.05. The van der Waals surface area contributed by atoms with Crippen molar-refractivity contribution in [1.29, 1.82) is 0 Å². The molecule has 1 aromatic rings. The number of hydrogen-bond donors (Lipinski definition) is 1. The van der Waals surface area contributed by atoms with Crippen LogP contribution >= 0.6 is 23.4 Å². The molecule has 0 radical (unpaired) electrons. The fourth-order valence-electron chi connectivity index (χ4n) is 2.53. The zero-order chi connectivity index (χ0) is 12.4. The third kappa shape index (κ3) is 2.64. The van der Waals surface area contributed by atoms with Crippen molar-refractivity contribution < 1.29 is 0 Å². The Morgan fingerprint density at radius 1 is 1.41 bits per heavy atom. The maximum absolute atomic E-state index is 6.36. The molecule has 1 heterocycles. The Bertz CT molecular complexity index is 405. The second-order valence-electron chi connectivity index (χ2n) is 4.61. The van der Waals surface area contributed by atoms with Gasteiger partial charge in [0.1, 0.15) is 0 Å². The van der Waals surface area contributed by atoms with E-state index in [-0.39, 0.29) is 0 Å². The summed E-state index contributed by atoms with van der Waals surface area (Å²) in [6.45, 7) is 7.57. The Kier molecular flexibility index (Phi) is 4.40. The van der Waals surface area contributed by atoms with Crippen LogP contribution in [-0.2, 0) is 5.75 Å². The van der Waals surface area contributed by atoms with Crippen LogP contribution in [0.3, 0.4) is 0 Å². The van der Waals surface area contributed by atoms with E-state index in [9.17, 15) is 0 Å². The zero-order valence-corrected chi connectivity index (χ0v) is 12.3. The van der Waals surface area contributed by atoms with Crippen molar-refractivity contribution in [3.8, 4) is 0 Å². The Morgan fingerprint density at radius 3 is 2.82 bits per heavy atom. The molecule has 3 heteroatoms. The molecule has 0 spiro atoms. The quantitative estimate of drug-likeness (QED) is 0.877. The number of thioether (sulfide) groups is 1. The number of fused-ring (bicyclic) bond motifs is 1. The van der Waals surface area contributed by atoms with Crippen molar-refractivity contribution in [2.24, 2.45) is 0 Å². The van der Waals surface area contributed by atoms with Crippen molar-refractivity contribution in [1.82, 2.24) is 5.32 Å². The van der Waals surface area contributed by atoms with E-state index in [1.54, 1.807) is 0 Å². The monoisotopic (exact) mass is 269 g/mol. The maximum atomic E-state index is 6.36. The van der Waals surface area contributed by atoms with Gasteiger partial charge in [0, 0.05) is 22.1 Å². The first kappa shape index (κ1) is 13.3. The number of benzene rings is 1. The number of rotatable bonds is 3. The SMILES string of the molecule is CCNC1c2cc(C)cc(Cl)c2CSC1CC. The first-order valence-electron chi connectivity index (χ1n) is 6.31. The van der Waals surface area contributed by atoms with E-state index in [1.807, 2.05) is 11.8 Å². The summed E-state index contributed by atoms with van der Waals surface area (Å²) in [5, 5.41) is 5.22. The van der Waals surface area contributed by atoms with Gasteiger partial charge in [-0.1, -0.05) is 31.5 Å². The third-order valence-electron chi connectivity index (χ3n) is 3.35. The Balaban J connectivity index is 2.43. The lowest BCUT2D eigenvalue weighted by Gasteiger charge is -2.34. The molecule has 1 aliphatic heterocycles. The molecule has 0 amide bonds. The van der Waals surface area contributed by atoms with Crippen molar-refractivity contribution in [3.05, 3.63) is 33.8 Å². The molecule has 1 nitrogen and oxygen atoms in total. The molecule has 1 N–H and O–H groups in total. The maximum Gasteiger partial charge on any atom is 0.0452 e. The topological polar surface area (TPSA) is 12.0 Å². The average molecular weight is 270 g/mol. The van der Waals surface area contributed by atoms with Crippen molar-refractivity contribution in [2.45, 2.75) is 44.2 Å². The molecule has 17 heavy (non-hydrogen) atoms. The average Bonchev–Trinajstić information content (AvgIpc) is 2.30. The van der Waals surface area contributed by atoms with Gasteiger partial charge >= 0.3 is 0 Å². The Morgan fingerprint density at radius 2 is 2.18 bits per heavy atom. The van der Waals surface area contributed by atoms with Gasteiger partial charge in [-0.3, -0.25) is 0 Å². The van der Waals surface area contributed by atoms with Gasteiger partial charge in [0.2, 0.25) is 0 Å². The van der Waals surface area contributed by atoms with E-state index in [2.05, 4.69) is 38.2 Å². The lowest BCUT2D eigenvalue weighted by molar-refractivity contribution is 0.513. The van der Waals surface area contributed by atoms with E-state index in [0.717, 1.165) is 17.3 Å². The van der Waals surface area contributed by atoms with Crippen LogP contribution in [-0.4, -0.2) is 11.8 Å². The van der Waals surface area contributed by atoms with Gasteiger partial charge in [0.05, 0.1) is 0 Å². The predicted octanol–water partition coefficient (Wildman–Crippen LogP) is 4.32. The molecule has 0 aromatic heterocycles. The van der Waals surface area contributed by atoms with Gasteiger partial charge in [-0.15, -0.1) is 0 Å². The molecule has 0 saturated heterocycles. The Hall–Kier alpha value is -0.180. The third-order valence-corrected chi connectivity index (χ3v) is 5.18. The largest absolute Gasteiger partial charge is 0.309 e. The molecule has 1 aliphatic rings. The summed E-state index contributed by atoms with van der Waals surface area (Å²) in [7, 11) is 0. The van der Waals surface area contributed by atoms with Gasteiger partial charge in [0.25, 0.3) is 0 Å².